The number of piperidine rings is 1. The van der Waals surface area contributed by atoms with Gasteiger partial charge in [0.25, 0.3) is 5.91 Å². The number of thiophene rings is 1. The van der Waals surface area contributed by atoms with E-state index >= 15 is 0 Å². The number of nitrogens with one attached hydrogen (secondary N) is 1. The lowest BCUT2D eigenvalue weighted by Gasteiger charge is -2.27. The first-order chi connectivity index (χ1) is 13.7. The Morgan fingerprint density at radius 2 is 1.93 bits per heavy atom. The van der Waals surface area contributed by atoms with Gasteiger partial charge in [0.15, 0.2) is 0 Å². The van der Waals surface area contributed by atoms with E-state index in [1.54, 1.807) is 18.4 Å². The first-order valence-electron chi connectivity index (χ1n) is 10.1. The highest BCUT2D eigenvalue weighted by Gasteiger charge is 2.26. The highest BCUT2D eigenvalue weighted by molar-refractivity contribution is 7.14. The van der Waals surface area contributed by atoms with Crippen molar-refractivity contribution in [3.63, 3.8) is 0 Å². The van der Waals surface area contributed by atoms with Gasteiger partial charge in [0, 0.05) is 31.6 Å². The predicted octanol–water partition coefficient (Wildman–Crippen LogP) is 3.75. The highest BCUT2D eigenvalue weighted by Crippen LogP contribution is 2.41. The van der Waals surface area contributed by atoms with Crippen LogP contribution < -0.4 is 5.32 Å². The molecular formula is C23H28N2O2S. The van der Waals surface area contributed by atoms with Crippen molar-refractivity contribution in [2.45, 2.75) is 25.7 Å². The van der Waals surface area contributed by atoms with E-state index in [0.29, 0.717) is 13.2 Å². The first kappa shape index (κ1) is 19.4. The van der Waals surface area contributed by atoms with Crippen LogP contribution in [0.4, 0.5) is 0 Å². The van der Waals surface area contributed by atoms with Crippen molar-refractivity contribution >= 4 is 22.8 Å². The summed E-state index contributed by atoms with van der Waals surface area (Å²) in [7, 11) is 3.85. The second kappa shape index (κ2) is 8.60. The molecule has 2 aromatic rings. The molecule has 2 aliphatic rings. The topological polar surface area (TPSA) is 41.6 Å². The van der Waals surface area contributed by atoms with Crippen LogP contribution in [-0.4, -0.2) is 51.2 Å². The third-order valence-corrected chi connectivity index (χ3v) is 6.94. The van der Waals surface area contributed by atoms with Gasteiger partial charge in [-0.3, -0.25) is 4.79 Å². The van der Waals surface area contributed by atoms with Crippen LogP contribution in [0.25, 0.3) is 5.57 Å². The molecule has 0 saturated carbocycles. The summed E-state index contributed by atoms with van der Waals surface area (Å²) < 4.78 is 5.05. The number of fused-ring (bicyclic) bond motifs is 2. The second-order valence-electron chi connectivity index (χ2n) is 7.64. The lowest BCUT2D eigenvalue weighted by Crippen LogP contribution is -2.27. The summed E-state index contributed by atoms with van der Waals surface area (Å²) in [4.78, 5) is 17.2. The third-order valence-electron chi connectivity index (χ3n) is 5.75. The van der Waals surface area contributed by atoms with E-state index in [9.17, 15) is 4.79 Å². The SMILES string of the molecule is COCCNC(=O)c1cc2c(s1)CCc1ccccc1C2=C1CCN(C)CC1. The van der Waals surface area contributed by atoms with Crippen LogP contribution in [0.15, 0.2) is 35.9 Å². The average molecular weight is 397 g/mol. The van der Waals surface area contributed by atoms with Crippen LogP contribution >= 0.6 is 11.3 Å². The number of methoxy groups -OCH3 is 1. The summed E-state index contributed by atoms with van der Waals surface area (Å²) in [5.74, 6) is 0.0103. The molecule has 1 aliphatic carbocycles. The van der Waals surface area contributed by atoms with Crippen molar-refractivity contribution in [2.75, 3.05) is 40.4 Å². The number of amides is 1. The molecule has 1 amide bonds. The summed E-state index contributed by atoms with van der Waals surface area (Å²) in [6, 6.07) is 10.9. The smallest absolute Gasteiger partial charge is 0.261 e. The molecule has 0 spiro atoms. The number of rotatable bonds is 4. The Labute approximate surface area is 171 Å². The Bertz CT molecular complexity index is 890. The molecular weight excluding hydrogens is 368 g/mol. The summed E-state index contributed by atoms with van der Waals surface area (Å²) >= 11 is 1.66. The fourth-order valence-electron chi connectivity index (χ4n) is 4.19. The number of carbonyl (C=O) groups is 1. The number of nitrogens with zero attached hydrogens (tertiary/aromatic N) is 1. The van der Waals surface area contributed by atoms with E-state index in [1.807, 2.05) is 0 Å². The number of aryl methyl sites for hydroxylation is 2. The Kier molecular flexibility index (Phi) is 5.95. The van der Waals surface area contributed by atoms with Gasteiger partial charge >= 0.3 is 0 Å². The molecule has 0 bridgehead atoms. The minimum absolute atomic E-state index is 0.0103. The largest absolute Gasteiger partial charge is 0.383 e. The van der Waals surface area contributed by atoms with Crippen molar-refractivity contribution in [1.29, 1.82) is 0 Å². The van der Waals surface area contributed by atoms with E-state index in [-0.39, 0.29) is 5.91 Å². The van der Waals surface area contributed by atoms with Gasteiger partial charge in [-0.15, -0.1) is 11.3 Å². The Morgan fingerprint density at radius 3 is 2.71 bits per heavy atom. The fraction of sp³-hybridized carbons (Fsp3) is 0.435. The maximum absolute atomic E-state index is 12.6. The Hall–Kier alpha value is -1.95. The zero-order valence-electron chi connectivity index (χ0n) is 16.7. The number of carbonyl (C=O) groups excluding carboxylic acids is 1. The molecule has 1 aromatic heterocycles. The van der Waals surface area contributed by atoms with Crippen molar-refractivity contribution in [3.8, 4) is 0 Å². The predicted molar refractivity (Wildman–Crippen MR) is 115 cm³/mol. The van der Waals surface area contributed by atoms with Crippen LogP contribution in [0.3, 0.4) is 0 Å². The zero-order chi connectivity index (χ0) is 19.5. The number of ether oxygens (including phenoxy) is 1. The zero-order valence-corrected chi connectivity index (χ0v) is 17.5. The van der Waals surface area contributed by atoms with Gasteiger partial charge in [-0.05, 0) is 61.1 Å². The van der Waals surface area contributed by atoms with Crippen molar-refractivity contribution < 1.29 is 9.53 Å². The van der Waals surface area contributed by atoms with Crippen molar-refractivity contribution in [3.05, 3.63) is 62.3 Å². The quantitative estimate of drug-likeness (QED) is 0.801. The molecule has 1 aromatic carbocycles. The lowest BCUT2D eigenvalue weighted by atomic mass is 9.87. The van der Waals surface area contributed by atoms with Crippen LogP contribution in [-0.2, 0) is 17.6 Å². The maximum Gasteiger partial charge on any atom is 0.261 e. The van der Waals surface area contributed by atoms with E-state index in [4.69, 9.17) is 4.74 Å². The molecule has 1 aliphatic heterocycles. The highest BCUT2D eigenvalue weighted by atomic mass is 32.1. The molecule has 28 heavy (non-hydrogen) atoms. The van der Waals surface area contributed by atoms with Crippen molar-refractivity contribution in [2.24, 2.45) is 0 Å². The normalized spacial score (nSPS) is 17.1. The van der Waals surface area contributed by atoms with Gasteiger partial charge in [0.05, 0.1) is 11.5 Å². The molecule has 148 valence electrons. The van der Waals surface area contributed by atoms with E-state index < -0.39 is 0 Å². The fourth-order valence-corrected chi connectivity index (χ4v) is 5.27. The summed E-state index contributed by atoms with van der Waals surface area (Å²) in [6.45, 7) is 3.28. The number of benzene rings is 1. The van der Waals surface area contributed by atoms with Crippen LogP contribution in [0.5, 0.6) is 0 Å². The molecule has 5 heteroatoms. The maximum atomic E-state index is 12.6. The molecule has 0 atom stereocenters. The Balaban J connectivity index is 1.75. The molecule has 1 fully saturated rings. The number of hydrogen-bond donors (Lipinski definition) is 1. The summed E-state index contributed by atoms with van der Waals surface area (Å²) in [5, 5.41) is 2.97. The van der Waals surface area contributed by atoms with Gasteiger partial charge in [-0.2, -0.15) is 0 Å². The molecule has 2 heterocycles. The summed E-state index contributed by atoms with van der Waals surface area (Å²) in [6.07, 6.45) is 4.24. The number of likely N-dealkylation sites (tertiary alicyclic amines) is 1. The molecule has 1 saturated heterocycles. The summed E-state index contributed by atoms with van der Waals surface area (Å²) in [5.41, 5.74) is 7.01. The number of hydrogen-bond acceptors (Lipinski definition) is 4. The monoisotopic (exact) mass is 396 g/mol. The first-order valence-corrected chi connectivity index (χ1v) is 10.9. The van der Waals surface area contributed by atoms with Gasteiger partial charge in [0.2, 0.25) is 0 Å². The van der Waals surface area contributed by atoms with Gasteiger partial charge in [0.1, 0.15) is 0 Å². The molecule has 0 radical (unpaired) electrons. The van der Waals surface area contributed by atoms with Gasteiger partial charge in [-0.1, -0.05) is 29.8 Å². The average Bonchev–Trinajstić information content (AvgIpc) is 3.06. The molecule has 4 rings (SSSR count). The van der Waals surface area contributed by atoms with Crippen LogP contribution in [0, 0.1) is 0 Å². The van der Waals surface area contributed by atoms with E-state index in [0.717, 1.165) is 43.6 Å². The van der Waals surface area contributed by atoms with Gasteiger partial charge < -0.3 is 15.0 Å². The van der Waals surface area contributed by atoms with Crippen LogP contribution in [0.2, 0.25) is 0 Å². The molecule has 0 unspecified atom stereocenters. The molecule has 4 nitrogen and oxygen atoms in total. The van der Waals surface area contributed by atoms with E-state index in [1.165, 1.54) is 32.7 Å². The minimum atomic E-state index is 0.0103. The van der Waals surface area contributed by atoms with Crippen LogP contribution in [0.1, 0.15) is 44.1 Å². The standard InChI is InChI=1S/C23H28N2O2S/c1-25-12-9-17(10-13-25)22-18-6-4-3-5-16(18)7-8-20-19(22)15-21(28-20)23(26)24-11-14-27-2/h3-6,15H,7-14H2,1-2H3,(H,24,26). The van der Waals surface area contributed by atoms with E-state index in [2.05, 4.69) is 47.6 Å². The van der Waals surface area contributed by atoms with Gasteiger partial charge in [-0.25, -0.2) is 0 Å². The third kappa shape index (κ3) is 3.93. The second-order valence-corrected chi connectivity index (χ2v) is 8.77. The minimum Gasteiger partial charge on any atom is -0.383 e. The lowest BCUT2D eigenvalue weighted by molar-refractivity contribution is 0.0941. The Morgan fingerprint density at radius 1 is 1.14 bits per heavy atom. The van der Waals surface area contributed by atoms with Crippen molar-refractivity contribution in [1.82, 2.24) is 10.2 Å². The molecule has 1 N–H and O–H groups in total.